The Morgan fingerprint density at radius 3 is 1.68 bits per heavy atom. The average Bonchev–Trinajstić information content (AvgIpc) is 2.68. The van der Waals surface area contributed by atoms with Crippen molar-refractivity contribution in [3.05, 3.63) is 102 Å². The summed E-state index contributed by atoms with van der Waals surface area (Å²) in [6.07, 6.45) is -0.586. The van der Waals surface area contributed by atoms with Crippen molar-refractivity contribution < 1.29 is 9.53 Å². The van der Waals surface area contributed by atoms with Gasteiger partial charge in [-0.05, 0) is 30.2 Å². The van der Waals surface area contributed by atoms with Crippen LogP contribution in [0.5, 0.6) is 5.75 Å². The lowest BCUT2D eigenvalue weighted by molar-refractivity contribution is -0.127. The van der Waals surface area contributed by atoms with Gasteiger partial charge in [-0.2, -0.15) is 0 Å². The number of nitrogens with one attached hydrogen (secondary N) is 1. The van der Waals surface area contributed by atoms with Gasteiger partial charge < -0.3 is 10.1 Å². The Kier molecular flexibility index (Phi) is 5.47. The predicted molar refractivity (Wildman–Crippen MR) is 99.4 cm³/mol. The molecular weight excluding hydrogens is 310 g/mol. The molecule has 0 aliphatic carbocycles. The predicted octanol–water partition coefficient (Wildman–Crippen LogP) is 4.36. The molecule has 1 atom stereocenters. The summed E-state index contributed by atoms with van der Waals surface area (Å²) in [7, 11) is 0. The van der Waals surface area contributed by atoms with E-state index in [1.807, 2.05) is 91.0 Å². The molecule has 0 saturated carbocycles. The van der Waals surface area contributed by atoms with Gasteiger partial charge in [0, 0.05) is 0 Å². The zero-order chi connectivity index (χ0) is 17.5. The molecule has 0 spiro atoms. The number of rotatable bonds is 6. The van der Waals surface area contributed by atoms with E-state index in [0.717, 1.165) is 11.1 Å². The Bertz CT molecular complexity index is 749. The van der Waals surface area contributed by atoms with Crippen LogP contribution in [0.3, 0.4) is 0 Å². The highest BCUT2D eigenvalue weighted by Crippen LogP contribution is 2.22. The lowest BCUT2D eigenvalue weighted by Crippen LogP contribution is -2.39. The Labute approximate surface area is 148 Å². The summed E-state index contributed by atoms with van der Waals surface area (Å²) in [6, 6.07) is 29.0. The number of para-hydroxylation sites is 1. The van der Waals surface area contributed by atoms with Gasteiger partial charge in [-0.15, -0.1) is 0 Å². The van der Waals surface area contributed by atoms with Crippen LogP contribution in [0.1, 0.15) is 24.1 Å². The van der Waals surface area contributed by atoms with E-state index in [9.17, 15) is 4.79 Å². The quantitative estimate of drug-likeness (QED) is 0.729. The molecule has 3 nitrogen and oxygen atoms in total. The van der Waals surface area contributed by atoms with Crippen molar-refractivity contribution in [2.45, 2.75) is 19.1 Å². The summed E-state index contributed by atoms with van der Waals surface area (Å²) in [6.45, 7) is 1.76. The number of benzene rings is 3. The summed E-state index contributed by atoms with van der Waals surface area (Å²) in [4.78, 5) is 12.7. The fourth-order valence-electron chi connectivity index (χ4n) is 2.67. The fourth-order valence-corrected chi connectivity index (χ4v) is 2.67. The second-order valence-electron chi connectivity index (χ2n) is 5.84. The van der Waals surface area contributed by atoms with E-state index in [4.69, 9.17) is 4.74 Å². The van der Waals surface area contributed by atoms with E-state index in [1.165, 1.54) is 0 Å². The smallest absolute Gasteiger partial charge is 0.261 e. The number of amides is 1. The Morgan fingerprint density at radius 1 is 0.760 bits per heavy atom. The van der Waals surface area contributed by atoms with Crippen molar-refractivity contribution >= 4 is 5.91 Å². The van der Waals surface area contributed by atoms with Crippen LogP contribution in [0.15, 0.2) is 91.0 Å². The van der Waals surface area contributed by atoms with Crippen LogP contribution in [-0.2, 0) is 4.79 Å². The van der Waals surface area contributed by atoms with Gasteiger partial charge in [-0.25, -0.2) is 0 Å². The van der Waals surface area contributed by atoms with Gasteiger partial charge in [0.15, 0.2) is 6.10 Å². The maximum absolute atomic E-state index is 12.7. The van der Waals surface area contributed by atoms with Crippen molar-refractivity contribution in [2.75, 3.05) is 0 Å². The molecule has 1 N–H and O–H groups in total. The highest BCUT2D eigenvalue weighted by atomic mass is 16.5. The van der Waals surface area contributed by atoms with Gasteiger partial charge >= 0.3 is 0 Å². The van der Waals surface area contributed by atoms with Gasteiger partial charge in [0.2, 0.25) is 0 Å². The summed E-state index contributed by atoms with van der Waals surface area (Å²) < 4.78 is 5.74. The molecule has 0 aliphatic heterocycles. The third-order valence-electron chi connectivity index (χ3n) is 3.98. The zero-order valence-electron chi connectivity index (χ0n) is 14.1. The molecule has 0 saturated heterocycles. The van der Waals surface area contributed by atoms with Crippen LogP contribution in [-0.4, -0.2) is 12.0 Å². The van der Waals surface area contributed by atoms with Crippen LogP contribution in [0, 0.1) is 0 Å². The van der Waals surface area contributed by atoms with Crippen LogP contribution in [0.2, 0.25) is 0 Å². The lowest BCUT2D eigenvalue weighted by atomic mass is 9.98. The van der Waals surface area contributed by atoms with Crippen LogP contribution in [0.4, 0.5) is 0 Å². The van der Waals surface area contributed by atoms with E-state index in [2.05, 4.69) is 5.32 Å². The van der Waals surface area contributed by atoms with Gasteiger partial charge in [-0.1, -0.05) is 78.9 Å². The second kappa shape index (κ2) is 8.15. The molecule has 0 radical (unpaired) electrons. The Hall–Kier alpha value is -3.07. The zero-order valence-corrected chi connectivity index (χ0v) is 14.1. The molecule has 0 aliphatic rings. The molecule has 0 heterocycles. The topological polar surface area (TPSA) is 38.3 Å². The fraction of sp³-hybridized carbons (Fsp3) is 0.136. The van der Waals surface area contributed by atoms with Crippen molar-refractivity contribution in [1.82, 2.24) is 5.32 Å². The molecular formula is C22H21NO2. The SMILES string of the molecule is CC(Oc1ccccc1)C(=O)NC(c1ccccc1)c1ccccc1. The van der Waals surface area contributed by atoms with E-state index < -0.39 is 6.10 Å². The third-order valence-corrected chi connectivity index (χ3v) is 3.98. The molecule has 3 heteroatoms. The highest BCUT2D eigenvalue weighted by Gasteiger charge is 2.21. The average molecular weight is 331 g/mol. The van der Waals surface area contributed by atoms with Crippen molar-refractivity contribution in [2.24, 2.45) is 0 Å². The number of ether oxygens (including phenoxy) is 1. The highest BCUT2D eigenvalue weighted by molar-refractivity contribution is 5.81. The molecule has 0 aromatic heterocycles. The maximum atomic E-state index is 12.7. The van der Waals surface area contributed by atoms with Gasteiger partial charge in [0.25, 0.3) is 5.91 Å². The van der Waals surface area contributed by atoms with E-state index >= 15 is 0 Å². The lowest BCUT2D eigenvalue weighted by Gasteiger charge is -2.22. The molecule has 126 valence electrons. The number of carbonyl (C=O) groups excluding carboxylic acids is 1. The second-order valence-corrected chi connectivity index (χ2v) is 5.84. The molecule has 3 rings (SSSR count). The van der Waals surface area contributed by atoms with Gasteiger partial charge in [0.05, 0.1) is 6.04 Å². The molecule has 3 aromatic carbocycles. The van der Waals surface area contributed by atoms with E-state index in [0.29, 0.717) is 5.75 Å². The monoisotopic (exact) mass is 331 g/mol. The molecule has 0 bridgehead atoms. The number of hydrogen-bond donors (Lipinski definition) is 1. The first-order valence-corrected chi connectivity index (χ1v) is 8.36. The first-order valence-electron chi connectivity index (χ1n) is 8.36. The summed E-state index contributed by atoms with van der Waals surface area (Å²) in [5, 5.41) is 3.11. The van der Waals surface area contributed by atoms with Gasteiger partial charge in [0.1, 0.15) is 5.75 Å². The van der Waals surface area contributed by atoms with E-state index in [1.54, 1.807) is 6.92 Å². The van der Waals surface area contributed by atoms with Crippen LogP contribution >= 0.6 is 0 Å². The van der Waals surface area contributed by atoms with Crippen molar-refractivity contribution in [3.63, 3.8) is 0 Å². The molecule has 3 aromatic rings. The maximum Gasteiger partial charge on any atom is 0.261 e. The van der Waals surface area contributed by atoms with Gasteiger partial charge in [-0.3, -0.25) is 4.79 Å². The number of hydrogen-bond acceptors (Lipinski definition) is 2. The first-order chi connectivity index (χ1) is 12.2. The summed E-state index contributed by atoms with van der Waals surface area (Å²) in [5.74, 6) is 0.530. The minimum atomic E-state index is -0.586. The number of carbonyl (C=O) groups is 1. The third kappa shape index (κ3) is 4.48. The molecule has 1 unspecified atom stereocenters. The molecule has 25 heavy (non-hydrogen) atoms. The molecule has 1 amide bonds. The van der Waals surface area contributed by atoms with Crippen molar-refractivity contribution in [1.29, 1.82) is 0 Å². The summed E-state index contributed by atoms with van der Waals surface area (Å²) in [5.41, 5.74) is 2.07. The van der Waals surface area contributed by atoms with E-state index in [-0.39, 0.29) is 11.9 Å². The Morgan fingerprint density at radius 2 is 1.20 bits per heavy atom. The van der Waals surface area contributed by atoms with Crippen molar-refractivity contribution in [3.8, 4) is 5.75 Å². The summed E-state index contributed by atoms with van der Waals surface area (Å²) >= 11 is 0. The standard InChI is InChI=1S/C22H21NO2/c1-17(25-20-15-9-4-10-16-20)22(24)23-21(18-11-5-2-6-12-18)19-13-7-3-8-14-19/h2-17,21H,1H3,(H,23,24). The van der Waals surface area contributed by atoms with Crippen LogP contribution < -0.4 is 10.1 Å². The first kappa shape index (κ1) is 16.8. The normalized spacial score (nSPS) is 11.8. The van der Waals surface area contributed by atoms with Crippen LogP contribution in [0.25, 0.3) is 0 Å². The Balaban J connectivity index is 1.77. The molecule has 0 fully saturated rings. The largest absolute Gasteiger partial charge is 0.481 e. The minimum Gasteiger partial charge on any atom is -0.481 e. The minimum absolute atomic E-state index is 0.151.